The highest BCUT2D eigenvalue weighted by molar-refractivity contribution is 6.21. The Morgan fingerprint density at radius 1 is 0.889 bits per heavy atom. The number of amides is 2. The summed E-state index contributed by atoms with van der Waals surface area (Å²) >= 11 is 0. The maximum atomic E-state index is 12.3. The van der Waals surface area contributed by atoms with Crippen LogP contribution in [0.1, 0.15) is 45.5 Å². The van der Waals surface area contributed by atoms with Crippen molar-refractivity contribution in [3.63, 3.8) is 0 Å². The van der Waals surface area contributed by atoms with Crippen molar-refractivity contribution in [1.29, 1.82) is 0 Å². The second kappa shape index (κ2) is 9.30. The maximum Gasteiger partial charge on any atom is 0.261 e. The second-order valence-electron chi connectivity index (χ2n) is 6.40. The predicted octanol–water partition coefficient (Wildman–Crippen LogP) is 3.18. The van der Waals surface area contributed by atoms with E-state index in [1.54, 1.807) is 31.4 Å². The van der Waals surface area contributed by atoms with E-state index >= 15 is 0 Å². The first-order valence-electron chi connectivity index (χ1n) is 9.13. The molecule has 1 aliphatic heterocycles. The normalized spacial score (nSPS) is 13.1. The van der Waals surface area contributed by atoms with Gasteiger partial charge in [-0.1, -0.05) is 30.7 Å². The van der Waals surface area contributed by atoms with Crippen LogP contribution in [0.2, 0.25) is 0 Å². The molecule has 0 saturated carbocycles. The van der Waals surface area contributed by atoms with E-state index < -0.39 is 0 Å². The number of unbranched alkanes of at least 4 members (excludes halogenated alkanes) is 2. The lowest BCUT2D eigenvalue weighted by molar-refractivity contribution is 0.0271. The van der Waals surface area contributed by atoms with E-state index in [1.165, 1.54) is 4.90 Å². The van der Waals surface area contributed by atoms with Crippen LogP contribution in [-0.4, -0.2) is 36.9 Å². The highest BCUT2D eigenvalue weighted by Crippen LogP contribution is 2.22. The van der Waals surface area contributed by atoms with Gasteiger partial charge in [-0.3, -0.25) is 19.3 Å². The lowest BCUT2D eigenvalue weighted by atomic mass is 10.1. The number of benzene rings is 2. The topological polar surface area (TPSA) is 67.9 Å². The molecule has 2 aromatic carbocycles. The smallest absolute Gasteiger partial charge is 0.261 e. The molecule has 0 atom stereocenters. The van der Waals surface area contributed by atoms with Gasteiger partial charge in [-0.15, -0.1) is 0 Å². The monoisotopic (exact) mass is 368 g/mol. The summed E-state index contributed by atoms with van der Waals surface area (Å²) in [5, 5.41) is 0. The number of hydroxylamine groups is 1. The Balaban J connectivity index is 1.28. The molecular weight excluding hydrogens is 344 g/mol. The molecule has 1 aliphatic rings. The molecule has 2 aromatic rings. The molecule has 0 saturated heterocycles. The molecule has 142 valence electrons. The summed E-state index contributed by atoms with van der Waals surface area (Å²) in [7, 11) is 1.64. The van der Waals surface area contributed by atoms with Crippen molar-refractivity contribution in [1.82, 2.24) is 10.4 Å². The summed E-state index contributed by atoms with van der Waals surface area (Å²) in [5.41, 5.74) is 5.03. The van der Waals surface area contributed by atoms with E-state index in [4.69, 9.17) is 9.57 Å². The van der Waals surface area contributed by atoms with E-state index in [0.29, 0.717) is 24.3 Å². The van der Waals surface area contributed by atoms with Gasteiger partial charge >= 0.3 is 0 Å². The Bertz CT molecular complexity index is 754. The van der Waals surface area contributed by atoms with Gasteiger partial charge in [0.15, 0.2) is 0 Å². The van der Waals surface area contributed by atoms with Crippen LogP contribution in [-0.2, 0) is 11.4 Å². The first-order chi connectivity index (χ1) is 13.2. The average Bonchev–Trinajstić information content (AvgIpc) is 2.95. The first kappa shape index (κ1) is 19.1. The zero-order chi connectivity index (χ0) is 19.1. The highest BCUT2D eigenvalue weighted by Gasteiger charge is 2.34. The van der Waals surface area contributed by atoms with E-state index in [0.717, 1.165) is 37.1 Å². The number of fused-ring (bicyclic) bond motifs is 1. The van der Waals surface area contributed by atoms with Gasteiger partial charge in [-0.05, 0) is 42.7 Å². The fourth-order valence-corrected chi connectivity index (χ4v) is 3.01. The van der Waals surface area contributed by atoms with Gasteiger partial charge < -0.3 is 4.74 Å². The maximum absolute atomic E-state index is 12.3. The number of imide groups is 1. The molecule has 1 N–H and O–H groups in total. The largest absolute Gasteiger partial charge is 0.497 e. The third-order valence-corrected chi connectivity index (χ3v) is 4.54. The lowest BCUT2D eigenvalue weighted by Crippen LogP contribution is -2.30. The fraction of sp³-hybridized carbons (Fsp3) is 0.333. The van der Waals surface area contributed by atoms with Crippen LogP contribution < -0.4 is 10.2 Å². The fourth-order valence-electron chi connectivity index (χ4n) is 3.01. The molecule has 0 spiro atoms. The van der Waals surface area contributed by atoms with Crippen LogP contribution in [0, 0.1) is 0 Å². The summed E-state index contributed by atoms with van der Waals surface area (Å²) in [6.07, 6.45) is 2.60. The van der Waals surface area contributed by atoms with Gasteiger partial charge in [-0.2, -0.15) is 0 Å². The number of nitrogens with zero attached hydrogens (tertiary/aromatic N) is 1. The summed E-state index contributed by atoms with van der Waals surface area (Å²) in [4.78, 5) is 31.3. The van der Waals surface area contributed by atoms with Crippen LogP contribution in [0.5, 0.6) is 5.75 Å². The number of methoxy groups -OCH3 is 1. The number of rotatable bonds is 10. The quantitative estimate of drug-likeness (QED) is 0.396. The number of carbonyl (C=O) groups excluding carboxylic acids is 2. The standard InChI is InChI=1S/C21H24N2O4/c1-26-17-11-9-16(10-12-17)15-27-22-13-5-2-6-14-23-20(24)18-7-3-4-8-19(18)21(23)25/h3-4,7-12,22H,2,5-6,13-15H2,1H3. The number of carbonyl (C=O) groups is 2. The van der Waals surface area contributed by atoms with E-state index in [-0.39, 0.29) is 11.8 Å². The van der Waals surface area contributed by atoms with E-state index in [1.807, 2.05) is 24.3 Å². The number of ether oxygens (including phenoxy) is 1. The summed E-state index contributed by atoms with van der Waals surface area (Å²) in [5.74, 6) is 0.456. The number of hydrogen-bond acceptors (Lipinski definition) is 5. The van der Waals surface area contributed by atoms with Crippen LogP contribution in [0.4, 0.5) is 0 Å². The molecule has 1 heterocycles. The first-order valence-corrected chi connectivity index (χ1v) is 9.13. The average molecular weight is 368 g/mol. The Hall–Kier alpha value is -2.70. The molecule has 0 aromatic heterocycles. The summed E-state index contributed by atoms with van der Waals surface area (Å²) in [6.45, 7) is 1.66. The zero-order valence-corrected chi connectivity index (χ0v) is 15.4. The SMILES string of the molecule is COc1ccc(CONCCCCCN2C(=O)c3ccccc3C2=O)cc1. The Labute approximate surface area is 159 Å². The minimum atomic E-state index is -0.184. The van der Waals surface area contributed by atoms with E-state index in [9.17, 15) is 9.59 Å². The van der Waals surface area contributed by atoms with Crippen molar-refractivity contribution < 1.29 is 19.2 Å². The van der Waals surface area contributed by atoms with Crippen molar-refractivity contribution >= 4 is 11.8 Å². The van der Waals surface area contributed by atoms with E-state index in [2.05, 4.69) is 5.48 Å². The summed E-state index contributed by atoms with van der Waals surface area (Å²) < 4.78 is 5.12. The number of hydrogen-bond donors (Lipinski definition) is 1. The highest BCUT2D eigenvalue weighted by atomic mass is 16.6. The Morgan fingerprint density at radius 2 is 1.56 bits per heavy atom. The summed E-state index contributed by atoms with van der Waals surface area (Å²) in [6, 6.07) is 14.7. The van der Waals surface area contributed by atoms with Gasteiger partial charge in [-0.25, -0.2) is 5.48 Å². The van der Waals surface area contributed by atoms with Crippen molar-refractivity contribution in [2.75, 3.05) is 20.2 Å². The van der Waals surface area contributed by atoms with Gasteiger partial charge in [0.25, 0.3) is 11.8 Å². The molecule has 0 fully saturated rings. The molecule has 6 nitrogen and oxygen atoms in total. The van der Waals surface area contributed by atoms with Crippen LogP contribution in [0.3, 0.4) is 0 Å². The molecular formula is C21H24N2O4. The van der Waals surface area contributed by atoms with Crippen molar-refractivity contribution in [3.05, 3.63) is 65.2 Å². The molecule has 0 radical (unpaired) electrons. The Morgan fingerprint density at radius 3 is 2.19 bits per heavy atom. The molecule has 0 bridgehead atoms. The molecule has 0 aliphatic carbocycles. The van der Waals surface area contributed by atoms with Crippen molar-refractivity contribution in [2.24, 2.45) is 0 Å². The van der Waals surface area contributed by atoms with Gasteiger partial charge in [0.1, 0.15) is 5.75 Å². The van der Waals surface area contributed by atoms with Gasteiger partial charge in [0.05, 0.1) is 24.8 Å². The number of nitrogens with one attached hydrogen (secondary N) is 1. The molecule has 27 heavy (non-hydrogen) atoms. The van der Waals surface area contributed by atoms with Crippen LogP contribution in [0.15, 0.2) is 48.5 Å². The predicted molar refractivity (Wildman–Crippen MR) is 101 cm³/mol. The van der Waals surface area contributed by atoms with Gasteiger partial charge in [0.2, 0.25) is 0 Å². The van der Waals surface area contributed by atoms with Crippen molar-refractivity contribution in [3.8, 4) is 5.75 Å². The van der Waals surface area contributed by atoms with Crippen LogP contribution in [0.25, 0.3) is 0 Å². The van der Waals surface area contributed by atoms with Crippen LogP contribution >= 0.6 is 0 Å². The second-order valence-corrected chi connectivity index (χ2v) is 6.40. The molecule has 0 unspecified atom stereocenters. The minimum Gasteiger partial charge on any atom is -0.497 e. The lowest BCUT2D eigenvalue weighted by Gasteiger charge is -2.13. The Kier molecular flexibility index (Phi) is 6.57. The van der Waals surface area contributed by atoms with Gasteiger partial charge in [0, 0.05) is 13.1 Å². The third-order valence-electron chi connectivity index (χ3n) is 4.54. The molecule has 6 heteroatoms. The molecule has 3 rings (SSSR count). The zero-order valence-electron chi connectivity index (χ0n) is 15.4. The van der Waals surface area contributed by atoms with Crippen molar-refractivity contribution in [2.45, 2.75) is 25.9 Å². The molecule has 2 amide bonds. The third kappa shape index (κ3) is 4.72. The minimum absolute atomic E-state index is 0.184.